The summed E-state index contributed by atoms with van der Waals surface area (Å²) in [5.74, 6) is 2.14. The third kappa shape index (κ3) is 2.85. The lowest BCUT2D eigenvalue weighted by atomic mass is 9.82. The summed E-state index contributed by atoms with van der Waals surface area (Å²) in [5.41, 5.74) is 2.46. The van der Waals surface area contributed by atoms with E-state index >= 15 is 0 Å². The molecule has 1 spiro atoms. The smallest absolute Gasteiger partial charge is 0.410 e. The Morgan fingerprint density at radius 2 is 1.89 bits per heavy atom. The van der Waals surface area contributed by atoms with E-state index < -0.39 is 5.60 Å². The zero-order valence-electron chi connectivity index (χ0n) is 15.8. The molecule has 0 aromatic heterocycles. The van der Waals surface area contributed by atoms with Gasteiger partial charge in [0.05, 0.1) is 27.4 Å². The van der Waals surface area contributed by atoms with Crippen LogP contribution in [0.15, 0.2) is 36.4 Å². The zero-order chi connectivity index (χ0) is 19.0. The molecule has 1 amide bonds. The molecule has 2 aromatic carbocycles. The van der Waals surface area contributed by atoms with E-state index in [-0.39, 0.29) is 6.09 Å². The highest BCUT2D eigenvalue weighted by Crippen LogP contribution is 2.48. The Bertz CT molecular complexity index is 854. The monoisotopic (exact) mass is 369 g/mol. The minimum absolute atomic E-state index is 0.336. The SMILES string of the molecule is CCOC(=O)N1Cc2cc(OC)c(OC)cc2C2(Cc3ccccc3O2)C1. The van der Waals surface area contributed by atoms with Crippen LogP contribution in [0.5, 0.6) is 17.2 Å². The van der Waals surface area contributed by atoms with Gasteiger partial charge >= 0.3 is 6.09 Å². The highest BCUT2D eigenvalue weighted by molar-refractivity contribution is 5.69. The van der Waals surface area contributed by atoms with Gasteiger partial charge in [0.15, 0.2) is 17.1 Å². The summed E-state index contributed by atoms with van der Waals surface area (Å²) < 4.78 is 22.7. The van der Waals surface area contributed by atoms with E-state index in [0.29, 0.717) is 37.6 Å². The second-order valence-electron chi connectivity index (χ2n) is 6.80. The number of carbonyl (C=O) groups excluding carboxylic acids is 1. The summed E-state index contributed by atoms with van der Waals surface area (Å²) >= 11 is 0. The summed E-state index contributed by atoms with van der Waals surface area (Å²) in [5, 5.41) is 0. The van der Waals surface area contributed by atoms with E-state index in [1.807, 2.05) is 30.3 Å². The first-order valence-electron chi connectivity index (χ1n) is 9.04. The van der Waals surface area contributed by atoms with Crippen LogP contribution in [0.2, 0.25) is 0 Å². The van der Waals surface area contributed by atoms with Crippen molar-refractivity contribution in [1.29, 1.82) is 0 Å². The van der Waals surface area contributed by atoms with E-state index in [1.165, 1.54) is 0 Å². The Morgan fingerprint density at radius 1 is 1.15 bits per heavy atom. The molecule has 1 atom stereocenters. The fourth-order valence-corrected chi connectivity index (χ4v) is 4.02. The minimum atomic E-state index is -0.663. The Balaban J connectivity index is 1.82. The summed E-state index contributed by atoms with van der Waals surface area (Å²) in [6, 6.07) is 11.9. The van der Waals surface area contributed by atoms with Crippen LogP contribution in [-0.4, -0.2) is 38.4 Å². The molecule has 2 aliphatic rings. The lowest BCUT2D eigenvalue weighted by Crippen LogP contribution is -2.50. The number of methoxy groups -OCH3 is 2. The van der Waals surface area contributed by atoms with Crippen LogP contribution >= 0.6 is 0 Å². The quantitative estimate of drug-likeness (QED) is 0.829. The summed E-state index contributed by atoms with van der Waals surface area (Å²) in [7, 11) is 3.22. The van der Waals surface area contributed by atoms with E-state index in [9.17, 15) is 4.79 Å². The van der Waals surface area contributed by atoms with Crippen LogP contribution in [0.25, 0.3) is 0 Å². The standard InChI is InChI=1S/C21H23NO5/c1-4-26-20(23)22-12-15-9-18(24-2)19(25-3)10-16(15)21(13-22)11-14-7-5-6-8-17(14)27-21/h5-10H,4,11-13H2,1-3H3. The van der Waals surface area contributed by atoms with Crippen molar-refractivity contribution in [2.24, 2.45) is 0 Å². The van der Waals surface area contributed by atoms with E-state index in [4.69, 9.17) is 18.9 Å². The van der Waals surface area contributed by atoms with Crippen LogP contribution in [0.3, 0.4) is 0 Å². The maximum Gasteiger partial charge on any atom is 0.410 e. The molecule has 0 bridgehead atoms. The maximum absolute atomic E-state index is 12.5. The molecule has 1 unspecified atom stereocenters. The largest absolute Gasteiger partial charge is 0.493 e. The summed E-state index contributed by atoms with van der Waals surface area (Å²) in [6.07, 6.45) is 0.346. The number of nitrogens with zero attached hydrogens (tertiary/aromatic N) is 1. The molecule has 0 radical (unpaired) electrons. The van der Waals surface area contributed by atoms with Crippen molar-refractivity contribution in [2.75, 3.05) is 27.4 Å². The fourth-order valence-electron chi connectivity index (χ4n) is 4.02. The Morgan fingerprint density at radius 3 is 2.59 bits per heavy atom. The first-order chi connectivity index (χ1) is 13.1. The van der Waals surface area contributed by atoms with Gasteiger partial charge in [-0.3, -0.25) is 4.90 Å². The molecule has 2 aromatic rings. The van der Waals surface area contributed by atoms with E-state index in [2.05, 4.69) is 6.07 Å². The van der Waals surface area contributed by atoms with Crippen LogP contribution < -0.4 is 14.2 Å². The van der Waals surface area contributed by atoms with Gasteiger partial charge in [-0.1, -0.05) is 18.2 Å². The van der Waals surface area contributed by atoms with Crippen molar-refractivity contribution in [3.05, 3.63) is 53.1 Å². The van der Waals surface area contributed by atoms with Crippen molar-refractivity contribution >= 4 is 6.09 Å². The van der Waals surface area contributed by atoms with Gasteiger partial charge in [0.2, 0.25) is 0 Å². The van der Waals surface area contributed by atoms with E-state index in [0.717, 1.165) is 22.4 Å². The van der Waals surface area contributed by atoms with Crippen molar-refractivity contribution in [3.8, 4) is 17.2 Å². The molecular formula is C21H23NO5. The van der Waals surface area contributed by atoms with Crippen LogP contribution in [0.4, 0.5) is 4.79 Å². The number of benzene rings is 2. The molecule has 142 valence electrons. The van der Waals surface area contributed by atoms with Crippen molar-refractivity contribution in [3.63, 3.8) is 0 Å². The third-order valence-corrected chi connectivity index (χ3v) is 5.19. The van der Waals surface area contributed by atoms with Gasteiger partial charge in [-0.15, -0.1) is 0 Å². The molecule has 2 aliphatic heterocycles. The fraction of sp³-hybridized carbons (Fsp3) is 0.381. The van der Waals surface area contributed by atoms with Gasteiger partial charge in [0, 0.05) is 18.5 Å². The van der Waals surface area contributed by atoms with Crippen molar-refractivity contribution in [1.82, 2.24) is 4.90 Å². The Kier molecular flexibility index (Phi) is 4.34. The number of ether oxygens (including phenoxy) is 4. The molecule has 0 aliphatic carbocycles. The van der Waals surface area contributed by atoms with Gasteiger partial charge < -0.3 is 18.9 Å². The normalized spacial score (nSPS) is 19.9. The number of rotatable bonds is 3. The zero-order valence-corrected chi connectivity index (χ0v) is 15.8. The van der Waals surface area contributed by atoms with Gasteiger partial charge in [-0.05, 0) is 36.2 Å². The van der Waals surface area contributed by atoms with Gasteiger partial charge in [-0.25, -0.2) is 4.79 Å². The van der Waals surface area contributed by atoms with Crippen LogP contribution in [0.1, 0.15) is 23.6 Å². The number of para-hydroxylation sites is 1. The number of carbonyl (C=O) groups is 1. The predicted molar refractivity (Wildman–Crippen MR) is 99.4 cm³/mol. The molecule has 2 heterocycles. The summed E-state index contributed by atoms with van der Waals surface area (Å²) in [4.78, 5) is 14.2. The molecule has 6 heteroatoms. The number of hydrogen-bond acceptors (Lipinski definition) is 5. The van der Waals surface area contributed by atoms with Crippen LogP contribution in [0, 0.1) is 0 Å². The lowest BCUT2D eigenvalue weighted by Gasteiger charge is -2.41. The lowest BCUT2D eigenvalue weighted by molar-refractivity contribution is 0.0192. The third-order valence-electron chi connectivity index (χ3n) is 5.19. The molecular weight excluding hydrogens is 346 g/mol. The highest BCUT2D eigenvalue weighted by atomic mass is 16.6. The molecule has 4 rings (SSSR count). The van der Waals surface area contributed by atoms with Crippen molar-refractivity contribution in [2.45, 2.75) is 25.5 Å². The van der Waals surface area contributed by atoms with Gasteiger partial charge in [0.1, 0.15) is 5.75 Å². The predicted octanol–water partition coefficient (Wildman–Crippen LogP) is 3.51. The number of amides is 1. The topological polar surface area (TPSA) is 57.2 Å². The number of hydrogen-bond donors (Lipinski definition) is 0. The maximum atomic E-state index is 12.5. The average molecular weight is 369 g/mol. The van der Waals surface area contributed by atoms with Gasteiger partial charge in [-0.2, -0.15) is 0 Å². The van der Waals surface area contributed by atoms with Crippen LogP contribution in [-0.2, 0) is 23.3 Å². The minimum Gasteiger partial charge on any atom is -0.493 e. The molecule has 0 saturated heterocycles. The Hall–Kier alpha value is -2.89. The second-order valence-corrected chi connectivity index (χ2v) is 6.80. The molecule has 6 nitrogen and oxygen atoms in total. The van der Waals surface area contributed by atoms with Gasteiger partial charge in [0.25, 0.3) is 0 Å². The van der Waals surface area contributed by atoms with Crippen molar-refractivity contribution < 1.29 is 23.7 Å². The summed E-state index contributed by atoms with van der Waals surface area (Å²) in [6.45, 7) is 3.00. The molecule has 0 N–H and O–H groups in total. The molecule has 0 saturated carbocycles. The first-order valence-corrected chi connectivity index (χ1v) is 9.04. The average Bonchev–Trinajstić information content (AvgIpc) is 3.05. The van der Waals surface area contributed by atoms with E-state index in [1.54, 1.807) is 26.0 Å². The first kappa shape index (κ1) is 17.5. The molecule has 27 heavy (non-hydrogen) atoms. The molecule has 0 fully saturated rings. The highest BCUT2D eigenvalue weighted by Gasteiger charge is 2.48. The Labute approximate surface area is 158 Å². The number of fused-ring (bicyclic) bond motifs is 3. The second kappa shape index (κ2) is 6.68.